The summed E-state index contributed by atoms with van der Waals surface area (Å²) in [5.74, 6) is 0.664. The number of aromatic nitrogens is 2. The van der Waals surface area contributed by atoms with E-state index in [0.29, 0.717) is 18.1 Å². The van der Waals surface area contributed by atoms with Crippen molar-refractivity contribution in [1.82, 2.24) is 9.97 Å². The van der Waals surface area contributed by atoms with E-state index in [4.69, 9.17) is 5.73 Å². The van der Waals surface area contributed by atoms with Crippen LogP contribution in [0.2, 0.25) is 0 Å². The zero-order valence-corrected chi connectivity index (χ0v) is 11.1. The number of benzene rings is 1. The van der Waals surface area contributed by atoms with E-state index in [-0.39, 0.29) is 0 Å². The molecule has 0 aliphatic heterocycles. The second-order valence-corrected chi connectivity index (χ2v) is 4.49. The smallest absolute Gasteiger partial charge is 0.144 e. The van der Waals surface area contributed by atoms with Gasteiger partial charge >= 0.3 is 0 Å². The maximum absolute atomic E-state index is 10.0. The normalized spacial score (nSPS) is 12.2. The van der Waals surface area contributed by atoms with Gasteiger partial charge in [0.2, 0.25) is 0 Å². The van der Waals surface area contributed by atoms with Gasteiger partial charge in [0.05, 0.1) is 23.7 Å². The summed E-state index contributed by atoms with van der Waals surface area (Å²) in [6, 6.07) is 7.17. The van der Waals surface area contributed by atoms with E-state index in [9.17, 15) is 5.11 Å². The molecule has 2 rings (SSSR count). The van der Waals surface area contributed by atoms with Crippen LogP contribution in [0.4, 0.5) is 11.5 Å². The van der Waals surface area contributed by atoms with Crippen LogP contribution in [0.3, 0.4) is 0 Å². The van der Waals surface area contributed by atoms with Crippen LogP contribution in [0, 0.1) is 13.8 Å². The fourth-order valence-corrected chi connectivity index (χ4v) is 1.66. The maximum atomic E-state index is 10.0. The summed E-state index contributed by atoms with van der Waals surface area (Å²) in [5, 5.41) is 13.1. The Hall–Kier alpha value is -2.14. The number of nitrogens with one attached hydrogen (secondary N) is 1. The molecule has 0 spiro atoms. The van der Waals surface area contributed by atoms with Crippen molar-refractivity contribution >= 4 is 11.5 Å². The molecule has 0 aliphatic rings. The third kappa shape index (κ3) is 3.42. The molecule has 5 heteroatoms. The molecule has 4 N–H and O–H groups in total. The van der Waals surface area contributed by atoms with Gasteiger partial charge in [-0.3, -0.25) is 4.98 Å². The molecular weight excluding hydrogens is 240 g/mol. The standard InChI is InChI=1S/C14H18N4O/c1-9-10(2)18-14(8-16-9)17-7-13(19)11-3-5-12(15)6-4-11/h3-6,8,13,19H,7,15H2,1-2H3,(H,17,18). The molecule has 0 amide bonds. The van der Waals surface area contributed by atoms with Gasteiger partial charge in [-0.1, -0.05) is 12.1 Å². The summed E-state index contributed by atoms with van der Waals surface area (Å²) in [6.07, 6.45) is 1.06. The number of nitrogens with two attached hydrogens (primary N) is 1. The van der Waals surface area contributed by atoms with Crippen molar-refractivity contribution in [3.63, 3.8) is 0 Å². The minimum atomic E-state index is -0.607. The van der Waals surface area contributed by atoms with E-state index in [1.54, 1.807) is 18.3 Å². The Morgan fingerprint density at radius 2 is 1.89 bits per heavy atom. The number of anilines is 2. The number of hydrogen-bond donors (Lipinski definition) is 3. The van der Waals surface area contributed by atoms with Gasteiger partial charge in [-0.25, -0.2) is 4.98 Å². The quantitative estimate of drug-likeness (QED) is 0.728. The lowest BCUT2D eigenvalue weighted by Gasteiger charge is -2.13. The largest absolute Gasteiger partial charge is 0.399 e. The average Bonchev–Trinajstić information content (AvgIpc) is 2.40. The van der Waals surface area contributed by atoms with Crippen LogP contribution in [-0.4, -0.2) is 21.6 Å². The predicted octanol–water partition coefficient (Wildman–Crippen LogP) is 1.82. The van der Waals surface area contributed by atoms with E-state index in [2.05, 4.69) is 15.3 Å². The molecule has 1 unspecified atom stereocenters. The first kappa shape index (κ1) is 13.3. The fraction of sp³-hybridized carbons (Fsp3) is 0.286. The maximum Gasteiger partial charge on any atom is 0.144 e. The molecule has 0 saturated carbocycles. The highest BCUT2D eigenvalue weighted by atomic mass is 16.3. The summed E-state index contributed by atoms with van der Waals surface area (Å²) in [5.41, 5.74) is 8.90. The minimum Gasteiger partial charge on any atom is -0.399 e. The molecule has 1 aromatic heterocycles. The summed E-state index contributed by atoms with van der Waals surface area (Å²) in [4.78, 5) is 8.57. The number of rotatable bonds is 4. The van der Waals surface area contributed by atoms with Crippen LogP contribution in [0.15, 0.2) is 30.5 Å². The Kier molecular flexibility index (Phi) is 3.97. The minimum absolute atomic E-state index is 0.376. The number of hydrogen-bond acceptors (Lipinski definition) is 5. The van der Waals surface area contributed by atoms with Crippen molar-refractivity contribution in [2.24, 2.45) is 0 Å². The summed E-state index contributed by atoms with van der Waals surface area (Å²) in [7, 11) is 0. The summed E-state index contributed by atoms with van der Waals surface area (Å²) in [6.45, 7) is 4.19. The van der Waals surface area contributed by atoms with Gasteiger partial charge in [-0.05, 0) is 31.5 Å². The Labute approximate surface area is 112 Å². The summed E-state index contributed by atoms with van der Waals surface area (Å²) < 4.78 is 0. The molecule has 1 heterocycles. The Balaban J connectivity index is 1.98. The zero-order chi connectivity index (χ0) is 13.8. The second-order valence-electron chi connectivity index (χ2n) is 4.49. The van der Waals surface area contributed by atoms with Crippen LogP contribution < -0.4 is 11.1 Å². The number of aliphatic hydroxyl groups is 1. The Bertz CT molecular complexity index is 554. The topological polar surface area (TPSA) is 84.1 Å². The van der Waals surface area contributed by atoms with E-state index in [1.165, 1.54) is 0 Å². The SMILES string of the molecule is Cc1ncc(NCC(O)c2ccc(N)cc2)nc1C. The number of aliphatic hydroxyl groups excluding tert-OH is 1. The second kappa shape index (κ2) is 5.67. The van der Waals surface area contributed by atoms with Crippen LogP contribution in [0.5, 0.6) is 0 Å². The molecule has 0 fully saturated rings. The lowest BCUT2D eigenvalue weighted by molar-refractivity contribution is 0.191. The summed E-state index contributed by atoms with van der Waals surface area (Å²) >= 11 is 0. The molecule has 19 heavy (non-hydrogen) atoms. The van der Waals surface area contributed by atoms with Gasteiger partial charge in [0, 0.05) is 12.2 Å². The van der Waals surface area contributed by atoms with Crippen LogP contribution in [0.25, 0.3) is 0 Å². The third-order valence-corrected chi connectivity index (χ3v) is 2.99. The van der Waals surface area contributed by atoms with Gasteiger partial charge in [0.25, 0.3) is 0 Å². The first-order valence-corrected chi connectivity index (χ1v) is 6.14. The monoisotopic (exact) mass is 258 g/mol. The van der Waals surface area contributed by atoms with Gasteiger partial charge < -0.3 is 16.2 Å². The van der Waals surface area contributed by atoms with Crippen molar-refractivity contribution < 1.29 is 5.11 Å². The van der Waals surface area contributed by atoms with Crippen molar-refractivity contribution in [3.8, 4) is 0 Å². The molecule has 1 atom stereocenters. The first-order chi connectivity index (χ1) is 9.06. The lowest BCUT2D eigenvalue weighted by Crippen LogP contribution is -2.13. The van der Waals surface area contributed by atoms with Crippen LogP contribution in [0.1, 0.15) is 23.1 Å². The molecule has 0 aliphatic carbocycles. The lowest BCUT2D eigenvalue weighted by atomic mass is 10.1. The number of nitrogens with zero attached hydrogens (tertiary/aromatic N) is 2. The fourth-order valence-electron chi connectivity index (χ4n) is 1.66. The highest BCUT2D eigenvalue weighted by molar-refractivity contribution is 5.40. The highest BCUT2D eigenvalue weighted by Crippen LogP contribution is 2.15. The number of aryl methyl sites for hydroxylation is 2. The number of nitrogen functional groups attached to an aromatic ring is 1. The molecule has 0 radical (unpaired) electrons. The van der Waals surface area contributed by atoms with Crippen molar-refractivity contribution in [3.05, 3.63) is 47.4 Å². The van der Waals surface area contributed by atoms with E-state index in [0.717, 1.165) is 17.0 Å². The highest BCUT2D eigenvalue weighted by Gasteiger charge is 2.07. The first-order valence-electron chi connectivity index (χ1n) is 6.14. The van der Waals surface area contributed by atoms with Crippen molar-refractivity contribution in [2.75, 3.05) is 17.6 Å². The molecule has 0 bridgehead atoms. The van der Waals surface area contributed by atoms with Crippen LogP contribution in [-0.2, 0) is 0 Å². The predicted molar refractivity (Wildman–Crippen MR) is 75.8 cm³/mol. The zero-order valence-electron chi connectivity index (χ0n) is 11.1. The van der Waals surface area contributed by atoms with Gasteiger partial charge in [0.1, 0.15) is 5.82 Å². The Morgan fingerprint density at radius 3 is 2.53 bits per heavy atom. The molecule has 1 aromatic carbocycles. The van der Waals surface area contributed by atoms with Gasteiger partial charge in [-0.15, -0.1) is 0 Å². The van der Waals surface area contributed by atoms with Crippen LogP contribution >= 0.6 is 0 Å². The van der Waals surface area contributed by atoms with Gasteiger partial charge in [-0.2, -0.15) is 0 Å². The molecule has 0 saturated heterocycles. The Morgan fingerprint density at radius 1 is 1.21 bits per heavy atom. The third-order valence-electron chi connectivity index (χ3n) is 2.99. The molecule has 5 nitrogen and oxygen atoms in total. The average molecular weight is 258 g/mol. The van der Waals surface area contributed by atoms with E-state index < -0.39 is 6.10 Å². The van der Waals surface area contributed by atoms with Gasteiger partial charge in [0.15, 0.2) is 0 Å². The molecular formula is C14H18N4O. The molecule has 100 valence electrons. The van der Waals surface area contributed by atoms with E-state index in [1.807, 2.05) is 26.0 Å². The van der Waals surface area contributed by atoms with Crippen molar-refractivity contribution in [1.29, 1.82) is 0 Å². The molecule has 2 aromatic rings. The van der Waals surface area contributed by atoms with E-state index >= 15 is 0 Å². The van der Waals surface area contributed by atoms with Crippen molar-refractivity contribution in [2.45, 2.75) is 20.0 Å².